The number of hydrogen-bond acceptors (Lipinski definition) is 2. The zero-order chi connectivity index (χ0) is 10.1. The molecule has 0 bridgehead atoms. The van der Waals surface area contributed by atoms with Crippen LogP contribution in [0.3, 0.4) is 0 Å². The molecule has 0 aliphatic rings. The fraction of sp³-hybridized carbons (Fsp3) is 1.00. The van der Waals surface area contributed by atoms with Gasteiger partial charge in [-0.25, -0.2) is 0 Å². The van der Waals surface area contributed by atoms with Crippen LogP contribution < -0.4 is 0 Å². The molecular formula is C9H21ClO2Si. The lowest BCUT2D eigenvalue weighted by Crippen LogP contribution is -2.19. The van der Waals surface area contributed by atoms with E-state index in [2.05, 4.69) is 6.92 Å². The molecule has 0 N–H and O–H groups in total. The van der Waals surface area contributed by atoms with Crippen molar-refractivity contribution in [2.75, 3.05) is 20.1 Å². The average molecular weight is 225 g/mol. The zero-order valence-electron chi connectivity index (χ0n) is 8.88. The summed E-state index contributed by atoms with van der Waals surface area (Å²) in [5.41, 5.74) is 0. The van der Waals surface area contributed by atoms with Crippen molar-refractivity contribution in [1.29, 1.82) is 0 Å². The van der Waals surface area contributed by atoms with E-state index >= 15 is 0 Å². The minimum absolute atomic E-state index is 0.749. The van der Waals surface area contributed by atoms with Gasteiger partial charge in [0.2, 0.25) is 0 Å². The van der Waals surface area contributed by atoms with Gasteiger partial charge in [0.15, 0.2) is 0 Å². The van der Waals surface area contributed by atoms with E-state index in [-0.39, 0.29) is 0 Å². The van der Waals surface area contributed by atoms with Crippen LogP contribution in [-0.2, 0) is 8.85 Å². The first-order valence-corrected chi connectivity index (χ1v) is 7.15. The van der Waals surface area contributed by atoms with Gasteiger partial charge >= 0.3 is 9.28 Å². The Morgan fingerprint density at radius 1 is 1.23 bits per heavy atom. The summed E-state index contributed by atoms with van der Waals surface area (Å²) in [6, 6.07) is 1.11. The maximum absolute atomic E-state index is 5.62. The van der Waals surface area contributed by atoms with E-state index in [0.717, 1.165) is 24.3 Å². The van der Waals surface area contributed by atoms with Gasteiger partial charge in [0.1, 0.15) is 0 Å². The number of hydrogen-bond donors (Lipinski definition) is 0. The Morgan fingerprint density at radius 3 is 2.31 bits per heavy atom. The van der Waals surface area contributed by atoms with Crippen molar-refractivity contribution in [3.63, 3.8) is 0 Å². The van der Waals surface area contributed by atoms with Crippen LogP contribution in [0.25, 0.3) is 0 Å². The molecule has 0 aromatic rings. The van der Waals surface area contributed by atoms with Gasteiger partial charge in [-0.15, -0.1) is 11.6 Å². The molecule has 0 spiro atoms. The molecule has 0 amide bonds. The summed E-state index contributed by atoms with van der Waals surface area (Å²) in [6.45, 7) is 2.27. The van der Waals surface area contributed by atoms with Crippen LogP contribution in [0, 0.1) is 5.92 Å². The highest BCUT2D eigenvalue weighted by molar-refractivity contribution is 6.44. The molecule has 0 saturated carbocycles. The van der Waals surface area contributed by atoms with Crippen LogP contribution in [0.1, 0.15) is 26.2 Å². The zero-order valence-corrected chi connectivity index (χ0v) is 10.8. The molecule has 0 aromatic carbocycles. The first-order valence-electron chi connectivity index (χ1n) is 4.86. The number of alkyl halides is 1. The summed E-state index contributed by atoms with van der Waals surface area (Å²) in [7, 11) is 2.16. The van der Waals surface area contributed by atoms with Gasteiger partial charge in [-0.3, -0.25) is 0 Å². The van der Waals surface area contributed by atoms with Gasteiger partial charge in [-0.05, 0) is 31.2 Å². The van der Waals surface area contributed by atoms with Crippen molar-refractivity contribution in [3.8, 4) is 0 Å². The Labute approximate surface area is 88.4 Å². The highest BCUT2D eigenvalue weighted by atomic mass is 35.5. The highest BCUT2D eigenvalue weighted by Crippen LogP contribution is 2.15. The third-order valence-electron chi connectivity index (χ3n) is 2.25. The molecule has 0 aliphatic heterocycles. The van der Waals surface area contributed by atoms with Crippen molar-refractivity contribution < 1.29 is 8.85 Å². The second-order valence-electron chi connectivity index (χ2n) is 3.41. The first-order chi connectivity index (χ1) is 6.24. The molecule has 0 rings (SSSR count). The van der Waals surface area contributed by atoms with E-state index in [1.807, 2.05) is 0 Å². The topological polar surface area (TPSA) is 18.5 Å². The van der Waals surface area contributed by atoms with Crippen molar-refractivity contribution in [1.82, 2.24) is 0 Å². The first kappa shape index (κ1) is 13.4. The summed E-state index contributed by atoms with van der Waals surface area (Å²) < 4.78 is 10.5. The summed E-state index contributed by atoms with van der Waals surface area (Å²) >= 11 is 5.62. The van der Waals surface area contributed by atoms with Gasteiger partial charge < -0.3 is 8.85 Å². The normalized spacial score (nSPS) is 13.6. The molecule has 4 heteroatoms. The van der Waals surface area contributed by atoms with Crippen molar-refractivity contribution in [2.45, 2.75) is 32.2 Å². The quantitative estimate of drug-likeness (QED) is 0.466. The lowest BCUT2D eigenvalue weighted by atomic mass is 10.0. The van der Waals surface area contributed by atoms with Gasteiger partial charge in [0.05, 0.1) is 0 Å². The molecule has 0 aliphatic carbocycles. The molecule has 1 unspecified atom stereocenters. The minimum atomic E-state index is -1.32. The SMILES string of the molecule is CO[SiH](CCC(C)CCCCl)OC. The van der Waals surface area contributed by atoms with Crippen molar-refractivity contribution in [3.05, 3.63) is 0 Å². The van der Waals surface area contributed by atoms with Gasteiger partial charge in [-0.2, -0.15) is 0 Å². The van der Waals surface area contributed by atoms with Crippen molar-refractivity contribution in [2.24, 2.45) is 5.92 Å². The lowest BCUT2D eigenvalue weighted by Gasteiger charge is -2.14. The number of rotatable bonds is 8. The molecule has 0 radical (unpaired) electrons. The van der Waals surface area contributed by atoms with E-state index in [1.54, 1.807) is 14.2 Å². The smallest absolute Gasteiger partial charge is 0.320 e. The Kier molecular flexibility index (Phi) is 9.30. The van der Waals surface area contributed by atoms with E-state index in [4.69, 9.17) is 20.5 Å². The standard InChI is InChI=1S/C9H21ClO2Si/c1-9(5-4-7-10)6-8-13(11-2)12-3/h9,13H,4-8H2,1-3H3. The Morgan fingerprint density at radius 2 is 1.85 bits per heavy atom. The third-order valence-corrected chi connectivity index (χ3v) is 4.38. The maximum Gasteiger partial charge on any atom is 0.320 e. The molecule has 0 aromatic heterocycles. The van der Waals surface area contributed by atoms with E-state index in [0.29, 0.717) is 0 Å². The molecule has 0 saturated heterocycles. The molecule has 0 fully saturated rings. The number of halogens is 1. The minimum Gasteiger partial charge on any atom is -0.400 e. The second-order valence-corrected chi connectivity index (χ2v) is 6.17. The van der Waals surface area contributed by atoms with Crippen LogP contribution in [0.4, 0.5) is 0 Å². The fourth-order valence-electron chi connectivity index (χ4n) is 1.32. The largest absolute Gasteiger partial charge is 0.400 e. The third kappa shape index (κ3) is 7.49. The van der Waals surface area contributed by atoms with Crippen LogP contribution in [-0.4, -0.2) is 29.4 Å². The monoisotopic (exact) mass is 224 g/mol. The Hall–Kier alpha value is 0.427. The van der Waals surface area contributed by atoms with Gasteiger partial charge in [0.25, 0.3) is 0 Å². The van der Waals surface area contributed by atoms with Gasteiger partial charge in [0, 0.05) is 20.1 Å². The predicted octanol–water partition coefficient (Wildman–Crippen LogP) is 2.54. The summed E-state index contributed by atoms with van der Waals surface area (Å²) in [6.07, 6.45) is 3.54. The summed E-state index contributed by atoms with van der Waals surface area (Å²) in [4.78, 5) is 0. The average Bonchev–Trinajstić information content (AvgIpc) is 2.16. The maximum atomic E-state index is 5.62. The van der Waals surface area contributed by atoms with Gasteiger partial charge in [-0.1, -0.05) is 6.92 Å². The fourth-order valence-corrected chi connectivity index (χ4v) is 2.98. The highest BCUT2D eigenvalue weighted by Gasteiger charge is 2.11. The van der Waals surface area contributed by atoms with Crippen molar-refractivity contribution >= 4 is 20.9 Å². The lowest BCUT2D eigenvalue weighted by molar-refractivity contribution is 0.273. The molecule has 13 heavy (non-hydrogen) atoms. The molecule has 0 heterocycles. The van der Waals surface area contributed by atoms with E-state index < -0.39 is 9.28 Å². The Bertz CT molecular complexity index is 110. The molecule has 2 nitrogen and oxygen atoms in total. The molecular weight excluding hydrogens is 204 g/mol. The molecule has 80 valence electrons. The molecule has 1 atom stereocenters. The second kappa shape index (κ2) is 9.00. The van der Waals surface area contributed by atoms with Crippen LogP contribution in [0.5, 0.6) is 0 Å². The Balaban J connectivity index is 3.38. The summed E-state index contributed by atoms with van der Waals surface area (Å²) in [5, 5.41) is 0. The van der Waals surface area contributed by atoms with E-state index in [9.17, 15) is 0 Å². The van der Waals surface area contributed by atoms with E-state index in [1.165, 1.54) is 12.8 Å². The van der Waals surface area contributed by atoms with Crippen LogP contribution in [0.15, 0.2) is 0 Å². The van der Waals surface area contributed by atoms with Crippen LogP contribution in [0.2, 0.25) is 6.04 Å². The summed E-state index contributed by atoms with van der Waals surface area (Å²) in [5.74, 6) is 1.53. The van der Waals surface area contributed by atoms with Crippen LogP contribution >= 0.6 is 11.6 Å². The predicted molar refractivity (Wildman–Crippen MR) is 59.7 cm³/mol.